The van der Waals surface area contributed by atoms with Gasteiger partial charge in [0.1, 0.15) is 25.7 Å². The number of hydrogen-bond acceptors (Lipinski definition) is 6. The molecule has 29 heavy (non-hydrogen) atoms. The van der Waals surface area contributed by atoms with E-state index in [9.17, 15) is 5.11 Å². The monoisotopic (exact) mass is 424 g/mol. The van der Waals surface area contributed by atoms with Crippen LogP contribution in [0.25, 0.3) is 21.8 Å². The number of nitrogens with zero attached hydrogens (tertiary/aromatic N) is 2. The van der Waals surface area contributed by atoms with Crippen molar-refractivity contribution in [1.29, 1.82) is 0 Å². The summed E-state index contributed by atoms with van der Waals surface area (Å²) in [7, 11) is -2.72. The Morgan fingerprint density at radius 3 is 1.90 bits per heavy atom. The third-order valence-corrected chi connectivity index (χ3v) is 5.28. The topological polar surface area (TPSA) is 127 Å². The van der Waals surface area contributed by atoms with Crippen LogP contribution in [0.5, 0.6) is 0 Å². The largest absolute Gasteiger partial charge is 0.385 e. The first-order valence-electron chi connectivity index (χ1n) is 9.33. The average molecular weight is 425 g/mol. The van der Waals surface area contributed by atoms with Crippen LogP contribution in [0.3, 0.4) is 0 Å². The van der Waals surface area contributed by atoms with Crippen molar-refractivity contribution in [3.63, 3.8) is 0 Å². The first-order chi connectivity index (χ1) is 13.7. The van der Waals surface area contributed by atoms with Gasteiger partial charge in [-0.3, -0.25) is 0 Å². The molecule has 1 saturated heterocycles. The number of fused-ring (bicyclic) bond motifs is 3. The Hall–Kier alpha value is -1.75. The lowest BCUT2D eigenvalue weighted by atomic mass is 10.2. The Morgan fingerprint density at radius 1 is 0.966 bits per heavy atom. The van der Waals surface area contributed by atoms with Crippen LogP contribution in [0.15, 0.2) is 48.5 Å². The predicted molar refractivity (Wildman–Crippen MR) is 97.1 cm³/mol. The highest BCUT2D eigenvalue weighted by molar-refractivity contribution is 6.07. The number of rotatable bonds is 4. The predicted octanol–water partition coefficient (Wildman–Crippen LogP) is -2.12. The van der Waals surface area contributed by atoms with E-state index in [0.29, 0.717) is 6.54 Å². The van der Waals surface area contributed by atoms with Crippen molar-refractivity contribution < 1.29 is 43.2 Å². The van der Waals surface area contributed by atoms with Crippen LogP contribution in [0.2, 0.25) is 0 Å². The molecule has 0 bridgehead atoms. The van der Waals surface area contributed by atoms with E-state index in [1.165, 1.54) is 21.8 Å². The van der Waals surface area contributed by atoms with Gasteiger partial charge in [-0.05, 0) is 12.1 Å². The van der Waals surface area contributed by atoms with E-state index in [0.717, 1.165) is 37.3 Å². The maximum Gasteiger partial charge on any atom is 0.121 e. The molecule has 1 aliphatic heterocycles. The molecule has 0 spiro atoms. The van der Waals surface area contributed by atoms with Gasteiger partial charge in [0.25, 0.3) is 0 Å². The van der Waals surface area contributed by atoms with E-state index < -0.39 is 10.2 Å². The van der Waals surface area contributed by atoms with Gasteiger partial charge in [0.15, 0.2) is 0 Å². The van der Waals surface area contributed by atoms with Crippen LogP contribution in [0.1, 0.15) is 0 Å². The molecule has 158 valence electrons. The van der Waals surface area contributed by atoms with E-state index in [1.54, 1.807) is 0 Å². The number of ether oxygens (including phenoxy) is 1. The number of aliphatic hydroxyl groups excluding tert-OH is 1. The van der Waals surface area contributed by atoms with Gasteiger partial charge in [-0.2, -0.15) is 0 Å². The standard InChI is InChI=1S/C20H25N2O2.ClHO4/c1-22(10-12-24-13-11-22)15-16(23)14-21-19-8-4-2-6-17(19)18-7-3-5-9-20(18)21;2-1(3,4)5/h2-9,16,23H,10-15H2,1H3;(H,2,3,4,5)/q+1;/p-1. The number of benzene rings is 2. The van der Waals surface area contributed by atoms with Gasteiger partial charge >= 0.3 is 0 Å². The summed E-state index contributed by atoms with van der Waals surface area (Å²) in [6.07, 6.45) is -0.368. The molecule has 2 heterocycles. The van der Waals surface area contributed by atoms with E-state index in [2.05, 4.69) is 60.1 Å². The number of aliphatic hydroxyl groups is 1. The van der Waals surface area contributed by atoms with Gasteiger partial charge in [0.2, 0.25) is 0 Å². The molecule has 2 aromatic carbocycles. The highest BCUT2D eigenvalue weighted by Gasteiger charge is 2.28. The molecule has 3 aromatic rings. The second kappa shape index (κ2) is 8.95. The van der Waals surface area contributed by atoms with Crippen molar-refractivity contribution in [2.45, 2.75) is 12.6 Å². The minimum Gasteiger partial charge on any atom is -0.385 e. The fourth-order valence-electron chi connectivity index (χ4n) is 3.94. The van der Waals surface area contributed by atoms with Crippen LogP contribution in [-0.4, -0.2) is 60.2 Å². The van der Waals surface area contributed by atoms with Crippen LogP contribution in [0, 0.1) is 10.2 Å². The summed E-state index contributed by atoms with van der Waals surface area (Å²) in [6, 6.07) is 16.9. The fraction of sp³-hybridized carbons (Fsp3) is 0.400. The summed E-state index contributed by atoms with van der Waals surface area (Å²) in [4.78, 5) is 0. The molecule has 0 amide bonds. The lowest BCUT2D eigenvalue weighted by molar-refractivity contribution is -2.00. The Labute approximate surface area is 171 Å². The zero-order valence-electron chi connectivity index (χ0n) is 16.2. The molecule has 9 heteroatoms. The van der Waals surface area contributed by atoms with Gasteiger partial charge in [0.05, 0.1) is 26.8 Å². The van der Waals surface area contributed by atoms with Crippen molar-refractivity contribution in [2.24, 2.45) is 0 Å². The molecule has 1 aromatic heterocycles. The number of likely N-dealkylation sites (N-methyl/N-ethyl adjacent to an activating group) is 1. The van der Waals surface area contributed by atoms with Crippen LogP contribution in [-0.2, 0) is 11.3 Å². The maximum atomic E-state index is 10.8. The molecule has 1 N–H and O–H groups in total. The zero-order valence-corrected chi connectivity index (χ0v) is 17.0. The Bertz CT molecular complexity index is 890. The molecule has 1 fully saturated rings. The molecule has 1 aliphatic rings. The van der Waals surface area contributed by atoms with E-state index in [1.807, 2.05) is 0 Å². The van der Waals surface area contributed by atoms with Gasteiger partial charge in [0, 0.05) is 21.8 Å². The molecule has 1 atom stereocenters. The highest BCUT2D eigenvalue weighted by atomic mass is 35.7. The van der Waals surface area contributed by atoms with Gasteiger partial charge in [-0.1, -0.05) is 36.4 Å². The van der Waals surface area contributed by atoms with Crippen LogP contribution >= 0.6 is 0 Å². The van der Waals surface area contributed by atoms with Gasteiger partial charge < -0.3 is 18.9 Å². The molecule has 0 saturated carbocycles. The summed E-state index contributed by atoms with van der Waals surface area (Å²) in [6.45, 7) is 4.93. The van der Waals surface area contributed by atoms with Crippen molar-refractivity contribution >= 4 is 21.8 Å². The second-order valence-electron chi connectivity index (χ2n) is 7.54. The van der Waals surface area contributed by atoms with Crippen molar-refractivity contribution in [1.82, 2.24) is 4.57 Å². The quantitative estimate of drug-likeness (QED) is 0.477. The number of para-hydroxylation sites is 2. The van der Waals surface area contributed by atoms with Crippen molar-refractivity contribution in [3.8, 4) is 0 Å². The SMILES string of the molecule is C[N+]1(CC(O)Cn2c3ccccc3c3ccccc32)CCOCC1.[O-][Cl+3]([O-])([O-])[O-]. The molecular weight excluding hydrogens is 400 g/mol. The minimum absolute atomic E-state index is 0.368. The van der Waals surface area contributed by atoms with Gasteiger partial charge in [-0.25, -0.2) is 18.6 Å². The summed E-state index contributed by atoms with van der Waals surface area (Å²) in [5, 5.41) is 13.3. The number of aromatic nitrogens is 1. The van der Waals surface area contributed by atoms with Crippen LogP contribution in [0.4, 0.5) is 0 Å². The first-order valence-corrected chi connectivity index (χ1v) is 10.6. The average Bonchev–Trinajstić information content (AvgIpc) is 2.95. The van der Waals surface area contributed by atoms with Crippen LogP contribution < -0.4 is 18.6 Å². The molecule has 8 nitrogen and oxygen atoms in total. The molecule has 0 aliphatic carbocycles. The van der Waals surface area contributed by atoms with E-state index >= 15 is 0 Å². The molecule has 4 rings (SSSR count). The number of halogens is 1. The van der Waals surface area contributed by atoms with Crippen molar-refractivity contribution in [2.75, 3.05) is 39.9 Å². The molecule has 1 unspecified atom stereocenters. The second-order valence-corrected chi connectivity index (χ2v) is 8.29. The van der Waals surface area contributed by atoms with Crippen molar-refractivity contribution in [3.05, 3.63) is 48.5 Å². The fourth-order valence-corrected chi connectivity index (χ4v) is 3.94. The number of quaternary nitrogens is 1. The normalized spacial score (nSPS) is 17.7. The van der Waals surface area contributed by atoms with Gasteiger partial charge in [-0.15, -0.1) is 10.2 Å². The lowest BCUT2D eigenvalue weighted by Gasteiger charge is -2.39. The Kier molecular flexibility index (Phi) is 6.77. The number of hydrogen-bond donors (Lipinski definition) is 1. The first kappa shape index (κ1) is 21.9. The molecule has 0 radical (unpaired) electrons. The number of morpholine rings is 1. The zero-order chi connectivity index (χ0) is 21.1. The summed E-state index contributed by atoms with van der Waals surface area (Å²) in [5.41, 5.74) is 2.39. The summed E-state index contributed by atoms with van der Waals surface area (Å²) >= 11 is 0. The minimum atomic E-state index is -4.94. The molecular formula is C20H25ClN2O6. The smallest absolute Gasteiger partial charge is 0.121 e. The Morgan fingerprint density at radius 2 is 1.41 bits per heavy atom. The highest BCUT2D eigenvalue weighted by Crippen LogP contribution is 2.29. The Balaban J connectivity index is 0.000000431. The summed E-state index contributed by atoms with van der Waals surface area (Å²) < 4.78 is 42.6. The third kappa shape index (κ3) is 5.88. The maximum absolute atomic E-state index is 10.8. The van der Waals surface area contributed by atoms with E-state index in [4.69, 9.17) is 23.4 Å². The third-order valence-electron chi connectivity index (χ3n) is 5.28. The lowest BCUT2D eigenvalue weighted by Crippen LogP contribution is -2.68. The van der Waals surface area contributed by atoms with E-state index in [-0.39, 0.29) is 6.10 Å². The summed E-state index contributed by atoms with van der Waals surface area (Å²) in [5.74, 6) is 0.